The lowest BCUT2D eigenvalue weighted by Gasteiger charge is -2.24. The van der Waals surface area contributed by atoms with E-state index < -0.39 is 5.60 Å². The summed E-state index contributed by atoms with van der Waals surface area (Å²) in [4.78, 5) is 11.0. The molecule has 1 atom stereocenters. The number of rotatable bonds is 2. The molecule has 0 saturated carbocycles. The summed E-state index contributed by atoms with van der Waals surface area (Å²) in [7, 11) is 0. The number of ether oxygens (including phenoxy) is 1. The van der Waals surface area contributed by atoms with Gasteiger partial charge in [0.05, 0.1) is 5.76 Å². The minimum atomic E-state index is -0.746. The van der Waals surface area contributed by atoms with Gasteiger partial charge in [-0.05, 0) is 19.4 Å². The van der Waals surface area contributed by atoms with Gasteiger partial charge in [-0.3, -0.25) is 4.79 Å². The van der Waals surface area contributed by atoms with Gasteiger partial charge in [0.1, 0.15) is 0 Å². The fourth-order valence-corrected chi connectivity index (χ4v) is 1.24. The van der Waals surface area contributed by atoms with E-state index in [0.29, 0.717) is 12.8 Å². The lowest BCUT2D eigenvalue weighted by Crippen LogP contribution is -2.42. The second kappa shape index (κ2) is 2.57. The third-order valence-corrected chi connectivity index (χ3v) is 2.10. The Morgan fingerprint density at radius 2 is 2.55 bits per heavy atom. The lowest BCUT2D eigenvalue weighted by molar-refractivity contribution is -0.136. The van der Waals surface area contributed by atoms with Crippen LogP contribution in [0, 0.1) is 0 Å². The molecule has 62 valence electrons. The average Bonchev–Trinajstić information content (AvgIpc) is 2.33. The third-order valence-electron chi connectivity index (χ3n) is 2.10. The number of hydrogen-bond donors (Lipinski definition) is 1. The van der Waals surface area contributed by atoms with Crippen LogP contribution in [0.5, 0.6) is 0 Å². The quantitative estimate of drug-likeness (QED) is 0.645. The van der Waals surface area contributed by atoms with Crippen LogP contribution in [-0.2, 0) is 9.53 Å². The third kappa shape index (κ3) is 1.23. The van der Waals surface area contributed by atoms with Gasteiger partial charge in [0, 0.05) is 6.42 Å². The lowest BCUT2D eigenvalue weighted by atomic mass is 9.97. The second-order valence-corrected chi connectivity index (χ2v) is 2.83. The predicted molar refractivity (Wildman–Crippen MR) is 41.7 cm³/mol. The number of nitrogens with two attached hydrogens (primary N) is 1. The summed E-state index contributed by atoms with van der Waals surface area (Å²) in [6, 6.07) is 0. The molecule has 0 aromatic heterocycles. The standard InChI is InChI=1S/C8H13NO2/c1-3-8(7(9)10)5-4-6(2)11-8/h4H,3,5H2,1-2H3,(H2,9,10). The minimum Gasteiger partial charge on any atom is -0.482 e. The number of hydrogen-bond acceptors (Lipinski definition) is 2. The molecule has 1 rings (SSSR count). The van der Waals surface area contributed by atoms with Crippen molar-refractivity contribution in [2.75, 3.05) is 0 Å². The maximum atomic E-state index is 11.0. The molecule has 3 nitrogen and oxygen atoms in total. The first-order valence-corrected chi connectivity index (χ1v) is 3.76. The Hall–Kier alpha value is -0.990. The highest BCUT2D eigenvalue weighted by atomic mass is 16.5. The van der Waals surface area contributed by atoms with Gasteiger partial charge in [0.25, 0.3) is 5.91 Å². The van der Waals surface area contributed by atoms with Crippen LogP contribution in [0.25, 0.3) is 0 Å². The highest BCUT2D eigenvalue weighted by Crippen LogP contribution is 2.30. The number of allylic oxidation sites excluding steroid dienone is 1. The molecule has 11 heavy (non-hydrogen) atoms. The Morgan fingerprint density at radius 3 is 2.73 bits per heavy atom. The normalized spacial score (nSPS) is 29.5. The van der Waals surface area contributed by atoms with E-state index in [1.165, 1.54) is 0 Å². The molecule has 0 bridgehead atoms. The van der Waals surface area contributed by atoms with Crippen molar-refractivity contribution in [2.24, 2.45) is 5.73 Å². The Kier molecular flexibility index (Phi) is 1.89. The molecule has 1 amide bonds. The van der Waals surface area contributed by atoms with Gasteiger partial charge >= 0.3 is 0 Å². The molecule has 0 saturated heterocycles. The predicted octanol–water partition coefficient (Wildman–Crippen LogP) is 0.945. The van der Waals surface area contributed by atoms with E-state index in [4.69, 9.17) is 10.5 Å². The summed E-state index contributed by atoms with van der Waals surface area (Å²) in [5.74, 6) is 0.429. The number of carbonyl (C=O) groups excluding carboxylic acids is 1. The molecule has 2 N–H and O–H groups in total. The summed E-state index contributed by atoms with van der Waals surface area (Å²) in [5.41, 5.74) is 4.46. The van der Waals surface area contributed by atoms with Crippen LogP contribution in [0.3, 0.4) is 0 Å². The molecular formula is C8H13NO2. The molecule has 1 aliphatic rings. The summed E-state index contributed by atoms with van der Waals surface area (Å²) >= 11 is 0. The van der Waals surface area contributed by atoms with Crippen molar-refractivity contribution in [1.82, 2.24) is 0 Å². The molecule has 0 radical (unpaired) electrons. The van der Waals surface area contributed by atoms with Gasteiger partial charge in [-0.1, -0.05) is 6.92 Å². The summed E-state index contributed by atoms with van der Waals surface area (Å²) in [5, 5.41) is 0. The molecule has 1 aliphatic heterocycles. The van der Waals surface area contributed by atoms with E-state index in [1.807, 2.05) is 19.9 Å². The fourth-order valence-electron chi connectivity index (χ4n) is 1.24. The zero-order chi connectivity index (χ0) is 8.48. The van der Waals surface area contributed by atoms with Crippen LogP contribution in [-0.4, -0.2) is 11.5 Å². The van der Waals surface area contributed by atoms with Gasteiger partial charge in [-0.25, -0.2) is 0 Å². The minimum absolute atomic E-state index is 0.367. The van der Waals surface area contributed by atoms with Crippen molar-refractivity contribution in [2.45, 2.75) is 32.3 Å². The summed E-state index contributed by atoms with van der Waals surface area (Å²) < 4.78 is 5.35. The largest absolute Gasteiger partial charge is 0.482 e. The summed E-state index contributed by atoms with van der Waals surface area (Å²) in [6.45, 7) is 3.73. The van der Waals surface area contributed by atoms with Crippen molar-refractivity contribution in [3.05, 3.63) is 11.8 Å². The zero-order valence-electron chi connectivity index (χ0n) is 6.89. The van der Waals surface area contributed by atoms with E-state index in [9.17, 15) is 4.79 Å². The van der Waals surface area contributed by atoms with Gasteiger partial charge in [0.2, 0.25) is 0 Å². The molecule has 0 aromatic rings. The molecule has 1 unspecified atom stereocenters. The average molecular weight is 155 g/mol. The monoisotopic (exact) mass is 155 g/mol. The molecule has 0 spiro atoms. The van der Waals surface area contributed by atoms with E-state index >= 15 is 0 Å². The van der Waals surface area contributed by atoms with Gasteiger partial charge in [0.15, 0.2) is 5.60 Å². The Morgan fingerprint density at radius 1 is 1.91 bits per heavy atom. The zero-order valence-corrected chi connectivity index (χ0v) is 6.89. The highest BCUT2D eigenvalue weighted by Gasteiger charge is 2.39. The molecule has 3 heteroatoms. The molecule has 1 heterocycles. The number of carbonyl (C=O) groups is 1. The van der Waals surface area contributed by atoms with Gasteiger partial charge in [-0.15, -0.1) is 0 Å². The smallest absolute Gasteiger partial charge is 0.261 e. The van der Waals surface area contributed by atoms with Crippen molar-refractivity contribution in [3.8, 4) is 0 Å². The van der Waals surface area contributed by atoms with E-state index in [0.717, 1.165) is 5.76 Å². The second-order valence-electron chi connectivity index (χ2n) is 2.83. The van der Waals surface area contributed by atoms with Crippen LogP contribution in [0.1, 0.15) is 26.7 Å². The van der Waals surface area contributed by atoms with Gasteiger partial charge < -0.3 is 10.5 Å². The Balaban J connectivity index is 2.75. The molecule has 0 aromatic carbocycles. The van der Waals surface area contributed by atoms with Crippen LogP contribution in [0.4, 0.5) is 0 Å². The topological polar surface area (TPSA) is 52.3 Å². The molecular weight excluding hydrogens is 142 g/mol. The maximum absolute atomic E-state index is 11.0. The SMILES string of the molecule is CCC1(C(N)=O)CC=C(C)O1. The Bertz CT molecular complexity index is 210. The number of amides is 1. The first-order valence-electron chi connectivity index (χ1n) is 3.76. The van der Waals surface area contributed by atoms with Gasteiger partial charge in [-0.2, -0.15) is 0 Å². The first-order chi connectivity index (χ1) is 5.10. The van der Waals surface area contributed by atoms with Crippen molar-refractivity contribution < 1.29 is 9.53 Å². The van der Waals surface area contributed by atoms with Crippen LogP contribution >= 0.6 is 0 Å². The van der Waals surface area contributed by atoms with Crippen LogP contribution < -0.4 is 5.73 Å². The van der Waals surface area contributed by atoms with Crippen molar-refractivity contribution in [1.29, 1.82) is 0 Å². The fraction of sp³-hybridized carbons (Fsp3) is 0.625. The molecule has 0 aliphatic carbocycles. The van der Waals surface area contributed by atoms with Crippen LogP contribution in [0.15, 0.2) is 11.8 Å². The first kappa shape index (κ1) is 8.11. The van der Waals surface area contributed by atoms with Crippen molar-refractivity contribution >= 4 is 5.91 Å². The number of primary amides is 1. The highest BCUT2D eigenvalue weighted by molar-refractivity contribution is 5.84. The van der Waals surface area contributed by atoms with E-state index in [2.05, 4.69) is 0 Å². The van der Waals surface area contributed by atoms with E-state index in [1.54, 1.807) is 0 Å². The Labute approximate surface area is 66.2 Å². The van der Waals surface area contributed by atoms with Crippen molar-refractivity contribution in [3.63, 3.8) is 0 Å². The molecule has 0 fully saturated rings. The summed E-state index contributed by atoms with van der Waals surface area (Å²) in [6.07, 6.45) is 3.15. The van der Waals surface area contributed by atoms with E-state index in [-0.39, 0.29) is 5.91 Å². The van der Waals surface area contributed by atoms with Crippen LogP contribution in [0.2, 0.25) is 0 Å². The maximum Gasteiger partial charge on any atom is 0.261 e.